The minimum atomic E-state index is -0.378. The molecule has 3 N–H and O–H groups in total. The van der Waals surface area contributed by atoms with E-state index in [4.69, 9.17) is 5.73 Å². The average molecular weight is 174 g/mol. The molecule has 0 saturated carbocycles. The first-order chi connectivity index (χ1) is 6.27. The molecule has 65 valence electrons. The third kappa shape index (κ3) is 1.38. The van der Waals surface area contributed by atoms with E-state index in [1.807, 2.05) is 6.07 Å². The summed E-state index contributed by atoms with van der Waals surface area (Å²) in [4.78, 5) is 10.7. The molecular formula is C9H8N3O. The first-order valence-corrected chi connectivity index (χ1v) is 3.89. The Hall–Kier alpha value is -1.84. The Morgan fingerprint density at radius 3 is 3.31 bits per heavy atom. The van der Waals surface area contributed by atoms with Crippen molar-refractivity contribution in [2.75, 3.05) is 0 Å². The van der Waals surface area contributed by atoms with Gasteiger partial charge in [0.1, 0.15) is 0 Å². The number of amides is 1. The molecule has 1 radical (unpaired) electrons. The fourth-order valence-corrected chi connectivity index (χ4v) is 1.25. The quantitative estimate of drug-likeness (QED) is 0.691. The largest absolute Gasteiger partial charge is 0.369 e. The van der Waals surface area contributed by atoms with Gasteiger partial charge in [-0.3, -0.25) is 9.89 Å². The number of nitrogens with zero attached hydrogens (tertiary/aromatic N) is 1. The lowest BCUT2D eigenvalue weighted by Crippen LogP contribution is -2.13. The van der Waals surface area contributed by atoms with Crippen molar-refractivity contribution in [1.29, 1.82) is 0 Å². The Morgan fingerprint density at radius 2 is 2.54 bits per heavy atom. The number of primary amides is 1. The van der Waals surface area contributed by atoms with Gasteiger partial charge in [-0.1, -0.05) is 6.07 Å². The molecule has 4 heteroatoms. The van der Waals surface area contributed by atoms with Crippen molar-refractivity contribution in [3.05, 3.63) is 30.0 Å². The lowest BCUT2D eigenvalue weighted by atomic mass is 10.2. The van der Waals surface area contributed by atoms with Gasteiger partial charge in [0.25, 0.3) is 0 Å². The molecule has 0 aliphatic rings. The summed E-state index contributed by atoms with van der Waals surface area (Å²) in [5, 5.41) is 7.71. The van der Waals surface area contributed by atoms with Crippen LogP contribution >= 0.6 is 0 Å². The number of nitrogens with one attached hydrogen (secondary N) is 1. The molecule has 0 atom stereocenters. The minimum Gasteiger partial charge on any atom is -0.369 e. The maximum Gasteiger partial charge on any atom is 0.223 e. The maximum atomic E-state index is 10.7. The Labute approximate surface area is 74.7 Å². The van der Waals surface area contributed by atoms with Crippen molar-refractivity contribution >= 4 is 16.8 Å². The Balaban J connectivity index is 2.51. The second-order valence-electron chi connectivity index (χ2n) is 2.79. The van der Waals surface area contributed by atoms with Crippen LogP contribution < -0.4 is 5.73 Å². The second-order valence-corrected chi connectivity index (χ2v) is 2.79. The van der Waals surface area contributed by atoms with Gasteiger partial charge in [-0.05, 0) is 18.2 Å². The van der Waals surface area contributed by atoms with Gasteiger partial charge in [0.05, 0.1) is 17.6 Å². The molecule has 0 fully saturated rings. The first kappa shape index (κ1) is 7.79. The number of hydrogen-bond donors (Lipinski definition) is 2. The van der Waals surface area contributed by atoms with Crippen molar-refractivity contribution in [1.82, 2.24) is 10.2 Å². The molecule has 0 saturated heterocycles. The van der Waals surface area contributed by atoms with Crippen LogP contribution in [0.3, 0.4) is 0 Å². The van der Waals surface area contributed by atoms with Crippen LogP contribution in [-0.2, 0) is 11.2 Å². The van der Waals surface area contributed by atoms with Gasteiger partial charge in [0.2, 0.25) is 5.91 Å². The van der Waals surface area contributed by atoms with Crippen LogP contribution in [0.5, 0.6) is 0 Å². The second kappa shape index (κ2) is 2.90. The number of hydrogen-bond acceptors (Lipinski definition) is 2. The number of aromatic nitrogens is 2. The Kier molecular flexibility index (Phi) is 1.73. The predicted octanol–water partition coefficient (Wildman–Crippen LogP) is 0.391. The standard InChI is InChI=1S/C9H8N3O/c10-9(13)5-8-6-3-1-2-4-7(6)11-12-8/h2-4H,5H2,(H2,10,13)(H,11,12). The summed E-state index contributed by atoms with van der Waals surface area (Å²) < 4.78 is 0. The molecule has 0 unspecified atom stereocenters. The molecule has 2 aromatic rings. The fourth-order valence-electron chi connectivity index (χ4n) is 1.25. The van der Waals surface area contributed by atoms with E-state index in [2.05, 4.69) is 16.3 Å². The highest BCUT2D eigenvalue weighted by Crippen LogP contribution is 2.14. The number of H-pyrrole nitrogens is 1. The number of carbonyl (C=O) groups excluding carboxylic acids is 1. The van der Waals surface area contributed by atoms with Crippen LogP contribution in [-0.4, -0.2) is 16.1 Å². The van der Waals surface area contributed by atoms with Crippen LogP contribution in [0.1, 0.15) is 5.69 Å². The zero-order chi connectivity index (χ0) is 9.26. The highest BCUT2D eigenvalue weighted by molar-refractivity contribution is 5.86. The van der Waals surface area contributed by atoms with E-state index >= 15 is 0 Å². The van der Waals surface area contributed by atoms with E-state index in [0.717, 1.165) is 10.9 Å². The van der Waals surface area contributed by atoms with E-state index in [9.17, 15) is 4.79 Å². The van der Waals surface area contributed by atoms with Crippen LogP contribution in [0.25, 0.3) is 10.9 Å². The average Bonchev–Trinajstić information content (AvgIpc) is 2.48. The lowest BCUT2D eigenvalue weighted by molar-refractivity contribution is -0.117. The van der Waals surface area contributed by atoms with Crippen LogP contribution in [0.15, 0.2) is 18.2 Å². The molecule has 1 aromatic heterocycles. The number of carbonyl (C=O) groups is 1. The minimum absolute atomic E-state index is 0.165. The summed E-state index contributed by atoms with van der Waals surface area (Å²) >= 11 is 0. The molecule has 0 aliphatic carbocycles. The van der Waals surface area contributed by atoms with Crippen LogP contribution in [0.4, 0.5) is 0 Å². The first-order valence-electron chi connectivity index (χ1n) is 3.89. The summed E-state index contributed by atoms with van der Waals surface area (Å²) in [6, 6.07) is 8.35. The number of aromatic amines is 1. The van der Waals surface area contributed by atoms with Gasteiger partial charge >= 0.3 is 0 Å². The molecule has 0 bridgehead atoms. The van der Waals surface area contributed by atoms with E-state index in [0.29, 0.717) is 5.69 Å². The van der Waals surface area contributed by atoms with Gasteiger partial charge in [0.15, 0.2) is 0 Å². The van der Waals surface area contributed by atoms with Crippen molar-refractivity contribution in [2.45, 2.75) is 6.42 Å². The molecule has 1 aromatic carbocycles. The SMILES string of the molecule is NC(=O)Cc1n[nH]c2cc[c]cc12. The molecule has 0 spiro atoms. The summed E-state index contributed by atoms with van der Waals surface area (Å²) in [6.07, 6.45) is 0.165. The van der Waals surface area contributed by atoms with Gasteiger partial charge in [0, 0.05) is 5.39 Å². The predicted molar refractivity (Wildman–Crippen MR) is 47.8 cm³/mol. The van der Waals surface area contributed by atoms with Crippen LogP contribution in [0.2, 0.25) is 0 Å². The van der Waals surface area contributed by atoms with Crippen LogP contribution in [0, 0.1) is 6.07 Å². The highest BCUT2D eigenvalue weighted by atomic mass is 16.1. The molecule has 1 heterocycles. The van der Waals surface area contributed by atoms with Gasteiger partial charge in [-0.2, -0.15) is 5.10 Å². The van der Waals surface area contributed by atoms with E-state index < -0.39 is 0 Å². The van der Waals surface area contributed by atoms with Crippen molar-refractivity contribution in [3.8, 4) is 0 Å². The zero-order valence-corrected chi connectivity index (χ0v) is 6.87. The number of nitrogens with two attached hydrogens (primary N) is 1. The third-order valence-corrected chi connectivity index (χ3v) is 1.83. The molecule has 1 amide bonds. The molecule has 0 aliphatic heterocycles. The van der Waals surface area contributed by atoms with Crippen molar-refractivity contribution < 1.29 is 4.79 Å². The lowest BCUT2D eigenvalue weighted by Gasteiger charge is -1.91. The Bertz CT molecular complexity index is 447. The highest BCUT2D eigenvalue weighted by Gasteiger charge is 2.06. The van der Waals surface area contributed by atoms with Crippen molar-refractivity contribution in [3.63, 3.8) is 0 Å². The maximum absolute atomic E-state index is 10.7. The van der Waals surface area contributed by atoms with Gasteiger partial charge in [-0.25, -0.2) is 0 Å². The normalized spacial score (nSPS) is 10.5. The topological polar surface area (TPSA) is 71.8 Å². The third-order valence-electron chi connectivity index (χ3n) is 1.83. The van der Waals surface area contributed by atoms with E-state index in [1.165, 1.54) is 0 Å². The molecule has 2 rings (SSSR count). The number of benzene rings is 1. The summed E-state index contributed by atoms with van der Waals surface area (Å²) in [6.45, 7) is 0. The summed E-state index contributed by atoms with van der Waals surface area (Å²) in [5.74, 6) is -0.378. The number of rotatable bonds is 2. The van der Waals surface area contributed by atoms with E-state index in [-0.39, 0.29) is 12.3 Å². The van der Waals surface area contributed by atoms with Gasteiger partial charge in [-0.15, -0.1) is 0 Å². The molecular weight excluding hydrogens is 166 g/mol. The fraction of sp³-hybridized carbons (Fsp3) is 0.111. The molecule has 4 nitrogen and oxygen atoms in total. The van der Waals surface area contributed by atoms with Crippen molar-refractivity contribution in [2.24, 2.45) is 5.73 Å². The smallest absolute Gasteiger partial charge is 0.223 e. The zero-order valence-electron chi connectivity index (χ0n) is 6.87. The van der Waals surface area contributed by atoms with Gasteiger partial charge < -0.3 is 5.73 Å². The Morgan fingerprint density at radius 1 is 1.69 bits per heavy atom. The summed E-state index contributed by atoms with van der Waals surface area (Å²) in [5.41, 5.74) is 6.65. The number of fused-ring (bicyclic) bond motifs is 1. The molecule has 13 heavy (non-hydrogen) atoms. The van der Waals surface area contributed by atoms with E-state index in [1.54, 1.807) is 12.1 Å². The monoisotopic (exact) mass is 174 g/mol. The summed E-state index contributed by atoms with van der Waals surface area (Å²) in [7, 11) is 0.